The van der Waals surface area contributed by atoms with Crippen molar-refractivity contribution in [3.05, 3.63) is 47.2 Å². The number of anilines is 1. The van der Waals surface area contributed by atoms with E-state index in [0.29, 0.717) is 17.9 Å². The lowest BCUT2D eigenvalue weighted by atomic mass is 10.2. The maximum absolute atomic E-state index is 13.5. The van der Waals surface area contributed by atoms with Crippen molar-refractivity contribution >= 4 is 34.1 Å². The largest absolute Gasteiger partial charge is 0.353 e. The number of thioether (sulfide) groups is 1. The van der Waals surface area contributed by atoms with Crippen molar-refractivity contribution in [3.63, 3.8) is 0 Å². The molecule has 0 spiro atoms. The van der Waals surface area contributed by atoms with Gasteiger partial charge in [0.25, 0.3) is 0 Å². The number of carbonyl (C=O) groups excluding carboxylic acids is 1. The number of hydrogen-bond donors (Lipinski definition) is 1. The van der Waals surface area contributed by atoms with Crippen LogP contribution in [-0.2, 0) is 10.5 Å². The molecule has 1 unspecified atom stereocenters. The van der Waals surface area contributed by atoms with Gasteiger partial charge in [-0.25, -0.2) is 9.37 Å². The standard InChI is InChI=1S/C17H20FN3OS2/c18-14-5-2-1-4-13(14)12-23-10-7-19-16(22)15-6-3-9-21(15)17-20-8-11-24-17/h1-2,4-5,8,11,15H,3,6-7,9-10,12H2,(H,19,22). The molecule has 0 saturated carbocycles. The van der Waals surface area contributed by atoms with E-state index in [-0.39, 0.29) is 17.8 Å². The summed E-state index contributed by atoms with van der Waals surface area (Å²) in [6, 6.07) is 6.69. The van der Waals surface area contributed by atoms with Gasteiger partial charge in [0.15, 0.2) is 5.13 Å². The average molecular weight is 365 g/mol. The fourth-order valence-corrected chi connectivity index (χ4v) is 4.35. The number of amides is 1. The fraction of sp³-hybridized carbons (Fsp3) is 0.412. The Balaban J connectivity index is 1.40. The second-order valence-corrected chi connectivity index (χ2v) is 7.58. The molecular formula is C17H20FN3OS2. The van der Waals surface area contributed by atoms with Gasteiger partial charge in [0.2, 0.25) is 5.91 Å². The van der Waals surface area contributed by atoms with Crippen molar-refractivity contribution in [1.82, 2.24) is 10.3 Å². The molecule has 0 aliphatic carbocycles. The molecule has 0 bridgehead atoms. The van der Waals surface area contributed by atoms with Gasteiger partial charge in [-0.15, -0.1) is 11.3 Å². The van der Waals surface area contributed by atoms with E-state index < -0.39 is 0 Å². The first-order chi connectivity index (χ1) is 11.8. The normalized spacial score (nSPS) is 17.2. The van der Waals surface area contributed by atoms with Crippen LogP contribution in [0.1, 0.15) is 18.4 Å². The van der Waals surface area contributed by atoms with Gasteiger partial charge in [0, 0.05) is 36.2 Å². The molecule has 1 aromatic heterocycles. The Morgan fingerprint density at radius 2 is 2.33 bits per heavy atom. The van der Waals surface area contributed by atoms with Crippen LogP contribution in [0.4, 0.5) is 9.52 Å². The predicted molar refractivity (Wildman–Crippen MR) is 98.1 cm³/mol. The molecule has 1 atom stereocenters. The molecule has 4 nitrogen and oxygen atoms in total. The number of nitrogens with zero attached hydrogens (tertiary/aromatic N) is 2. The van der Waals surface area contributed by atoms with Gasteiger partial charge < -0.3 is 10.2 Å². The van der Waals surface area contributed by atoms with Crippen LogP contribution in [0.25, 0.3) is 0 Å². The molecule has 2 aromatic rings. The van der Waals surface area contributed by atoms with Crippen LogP contribution in [0.2, 0.25) is 0 Å². The van der Waals surface area contributed by atoms with Crippen LogP contribution in [0.5, 0.6) is 0 Å². The van der Waals surface area contributed by atoms with Gasteiger partial charge in [-0.2, -0.15) is 11.8 Å². The quantitative estimate of drug-likeness (QED) is 0.765. The van der Waals surface area contributed by atoms with E-state index in [0.717, 1.165) is 30.3 Å². The molecule has 24 heavy (non-hydrogen) atoms. The van der Waals surface area contributed by atoms with Crippen LogP contribution >= 0.6 is 23.1 Å². The van der Waals surface area contributed by atoms with Crippen LogP contribution < -0.4 is 10.2 Å². The van der Waals surface area contributed by atoms with E-state index in [1.54, 1.807) is 41.4 Å². The second-order valence-electron chi connectivity index (χ2n) is 5.60. The molecule has 1 aliphatic rings. The van der Waals surface area contributed by atoms with E-state index in [9.17, 15) is 9.18 Å². The molecule has 1 N–H and O–H groups in total. The number of rotatable bonds is 7. The molecule has 0 radical (unpaired) electrons. The number of aromatic nitrogens is 1. The first-order valence-electron chi connectivity index (χ1n) is 8.00. The van der Waals surface area contributed by atoms with Crippen LogP contribution in [0, 0.1) is 5.82 Å². The third-order valence-electron chi connectivity index (χ3n) is 3.98. The summed E-state index contributed by atoms with van der Waals surface area (Å²) in [4.78, 5) is 18.8. The van der Waals surface area contributed by atoms with E-state index in [1.165, 1.54) is 6.07 Å². The van der Waals surface area contributed by atoms with Crippen LogP contribution in [-0.4, -0.2) is 35.8 Å². The number of benzene rings is 1. The first kappa shape index (κ1) is 17.2. The number of hydrogen-bond acceptors (Lipinski definition) is 5. The maximum atomic E-state index is 13.5. The summed E-state index contributed by atoms with van der Waals surface area (Å²) < 4.78 is 13.5. The fourth-order valence-electron chi connectivity index (χ4n) is 2.79. The highest BCUT2D eigenvalue weighted by molar-refractivity contribution is 7.98. The van der Waals surface area contributed by atoms with Gasteiger partial charge in [-0.3, -0.25) is 4.79 Å². The summed E-state index contributed by atoms with van der Waals surface area (Å²) in [6.07, 6.45) is 3.65. The SMILES string of the molecule is O=C(NCCSCc1ccccc1F)C1CCCN1c1nccs1. The summed E-state index contributed by atoms with van der Waals surface area (Å²) in [5.74, 6) is 1.29. The third-order valence-corrected chi connectivity index (χ3v) is 5.80. The zero-order valence-corrected chi connectivity index (χ0v) is 14.9. The zero-order valence-electron chi connectivity index (χ0n) is 13.3. The minimum atomic E-state index is -0.168. The number of carbonyl (C=O) groups is 1. The Hall–Kier alpha value is -1.60. The first-order valence-corrected chi connectivity index (χ1v) is 10.0. The van der Waals surface area contributed by atoms with Crippen molar-refractivity contribution in [3.8, 4) is 0 Å². The topological polar surface area (TPSA) is 45.2 Å². The Bertz CT molecular complexity index is 666. The summed E-state index contributed by atoms with van der Waals surface area (Å²) >= 11 is 3.19. The zero-order chi connectivity index (χ0) is 16.8. The average Bonchev–Trinajstić information content (AvgIpc) is 3.27. The molecule has 2 heterocycles. The summed E-state index contributed by atoms with van der Waals surface area (Å²) in [6.45, 7) is 1.48. The Kier molecular flexibility index (Phi) is 6.09. The van der Waals surface area contributed by atoms with Crippen LogP contribution in [0.3, 0.4) is 0 Å². The Morgan fingerprint density at radius 3 is 3.12 bits per heavy atom. The lowest BCUT2D eigenvalue weighted by Gasteiger charge is -2.23. The summed E-state index contributed by atoms with van der Waals surface area (Å²) in [7, 11) is 0. The molecule has 1 aromatic carbocycles. The lowest BCUT2D eigenvalue weighted by molar-refractivity contribution is -0.122. The van der Waals surface area contributed by atoms with E-state index in [1.807, 2.05) is 11.4 Å². The molecule has 1 saturated heterocycles. The maximum Gasteiger partial charge on any atom is 0.242 e. The Morgan fingerprint density at radius 1 is 1.46 bits per heavy atom. The van der Waals surface area contributed by atoms with Gasteiger partial charge in [-0.1, -0.05) is 18.2 Å². The highest BCUT2D eigenvalue weighted by Crippen LogP contribution is 2.27. The number of thiazole rings is 1. The lowest BCUT2D eigenvalue weighted by Crippen LogP contribution is -2.44. The van der Waals surface area contributed by atoms with Crippen molar-refractivity contribution in [2.24, 2.45) is 0 Å². The van der Waals surface area contributed by atoms with E-state index in [4.69, 9.17) is 0 Å². The monoisotopic (exact) mass is 365 g/mol. The van der Waals surface area contributed by atoms with Gasteiger partial charge in [0.05, 0.1) is 0 Å². The molecule has 1 fully saturated rings. The van der Waals surface area contributed by atoms with E-state index >= 15 is 0 Å². The van der Waals surface area contributed by atoms with Gasteiger partial charge in [-0.05, 0) is 24.5 Å². The molecule has 1 amide bonds. The Labute approximate surface area is 149 Å². The summed E-state index contributed by atoms with van der Waals surface area (Å²) in [5, 5.41) is 5.85. The highest BCUT2D eigenvalue weighted by atomic mass is 32.2. The van der Waals surface area contributed by atoms with Crippen molar-refractivity contribution < 1.29 is 9.18 Å². The van der Waals surface area contributed by atoms with Crippen molar-refractivity contribution in [2.45, 2.75) is 24.6 Å². The van der Waals surface area contributed by atoms with Gasteiger partial charge in [0.1, 0.15) is 11.9 Å². The smallest absolute Gasteiger partial charge is 0.242 e. The molecule has 1 aliphatic heterocycles. The minimum Gasteiger partial charge on any atom is -0.353 e. The van der Waals surface area contributed by atoms with E-state index in [2.05, 4.69) is 15.2 Å². The molecular weight excluding hydrogens is 345 g/mol. The molecule has 7 heteroatoms. The second kappa shape index (κ2) is 8.48. The number of nitrogens with one attached hydrogen (secondary N) is 1. The number of halogens is 1. The predicted octanol–water partition coefficient (Wildman–Crippen LogP) is 3.30. The van der Waals surface area contributed by atoms with Crippen molar-refractivity contribution in [2.75, 3.05) is 23.7 Å². The molecule has 3 rings (SSSR count). The highest BCUT2D eigenvalue weighted by Gasteiger charge is 2.31. The third kappa shape index (κ3) is 4.27. The van der Waals surface area contributed by atoms with Crippen LogP contribution in [0.15, 0.2) is 35.8 Å². The van der Waals surface area contributed by atoms with Gasteiger partial charge >= 0.3 is 0 Å². The molecule has 128 valence electrons. The minimum absolute atomic E-state index is 0.0641. The summed E-state index contributed by atoms with van der Waals surface area (Å²) in [5.41, 5.74) is 0.708. The van der Waals surface area contributed by atoms with Crippen molar-refractivity contribution in [1.29, 1.82) is 0 Å².